The molecule has 0 bridgehead atoms. The van der Waals surface area contributed by atoms with Crippen molar-refractivity contribution >= 4 is 23.6 Å². The number of phenolic OH excluding ortho intramolecular Hbond substituents is 1. The quantitative estimate of drug-likeness (QED) is 0.596. The van der Waals surface area contributed by atoms with Crippen LogP contribution >= 0.6 is 11.8 Å². The number of amides is 1. The Morgan fingerprint density at radius 3 is 2.57 bits per heavy atom. The monoisotopic (exact) mass is 311 g/mol. The molecule has 1 rings (SSSR count). The van der Waals surface area contributed by atoms with E-state index in [1.165, 1.54) is 18.9 Å². The molecule has 0 spiro atoms. The standard InChI is InChI=1S/C15H21NO4S/c1-10(2)8-11(15(19)20-3)16-14(18)9-21-13-7-5-4-6-12(13)17/h4-7,10-11,17H,8-9H2,1-3H3,(H,16,18)/t11-/m0/s1. The summed E-state index contributed by atoms with van der Waals surface area (Å²) in [5.74, 6) is -0.172. The van der Waals surface area contributed by atoms with E-state index in [4.69, 9.17) is 4.74 Å². The van der Waals surface area contributed by atoms with Crippen LogP contribution in [0, 0.1) is 5.92 Å². The van der Waals surface area contributed by atoms with E-state index in [0.29, 0.717) is 11.3 Å². The molecule has 1 aromatic carbocycles. The van der Waals surface area contributed by atoms with E-state index in [2.05, 4.69) is 5.32 Å². The van der Waals surface area contributed by atoms with Crippen LogP contribution < -0.4 is 5.32 Å². The van der Waals surface area contributed by atoms with Crippen LogP contribution in [0.4, 0.5) is 0 Å². The van der Waals surface area contributed by atoms with E-state index in [1.54, 1.807) is 24.3 Å². The lowest BCUT2D eigenvalue weighted by Gasteiger charge is -2.18. The Kier molecular flexibility index (Phi) is 7.08. The predicted octanol–water partition coefficient (Wildman–Crippen LogP) is 2.19. The third-order valence-electron chi connectivity index (χ3n) is 2.75. The molecular weight excluding hydrogens is 290 g/mol. The number of aromatic hydroxyl groups is 1. The first-order valence-electron chi connectivity index (χ1n) is 6.72. The number of para-hydroxylation sites is 1. The highest BCUT2D eigenvalue weighted by atomic mass is 32.2. The average molecular weight is 311 g/mol. The number of hydrogen-bond donors (Lipinski definition) is 2. The number of phenols is 1. The number of carbonyl (C=O) groups excluding carboxylic acids is 2. The minimum Gasteiger partial charge on any atom is -0.507 e. The summed E-state index contributed by atoms with van der Waals surface area (Å²) in [7, 11) is 1.30. The number of ether oxygens (including phenoxy) is 1. The second kappa shape index (κ2) is 8.56. The van der Waals surface area contributed by atoms with Gasteiger partial charge in [0.1, 0.15) is 11.8 Å². The topological polar surface area (TPSA) is 75.6 Å². The van der Waals surface area contributed by atoms with Crippen LogP contribution in [0.1, 0.15) is 20.3 Å². The van der Waals surface area contributed by atoms with E-state index >= 15 is 0 Å². The summed E-state index contributed by atoms with van der Waals surface area (Å²) in [4.78, 5) is 24.2. The zero-order valence-electron chi connectivity index (χ0n) is 12.5. The van der Waals surface area contributed by atoms with Crippen LogP contribution in [-0.4, -0.2) is 35.9 Å². The molecular formula is C15H21NO4S. The van der Waals surface area contributed by atoms with Crippen molar-refractivity contribution < 1.29 is 19.4 Å². The van der Waals surface area contributed by atoms with E-state index < -0.39 is 12.0 Å². The first-order valence-corrected chi connectivity index (χ1v) is 7.70. The zero-order chi connectivity index (χ0) is 15.8. The number of methoxy groups -OCH3 is 1. The van der Waals surface area contributed by atoms with E-state index in [0.717, 1.165) is 0 Å². The molecule has 5 nitrogen and oxygen atoms in total. The molecule has 0 radical (unpaired) electrons. The number of benzene rings is 1. The highest BCUT2D eigenvalue weighted by Gasteiger charge is 2.22. The Labute approximate surface area is 129 Å². The maximum atomic E-state index is 11.9. The number of thioether (sulfide) groups is 1. The highest BCUT2D eigenvalue weighted by Crippen LogP contribution is 2.27. The van der Waals surface area contributed by atoms with Gasteiger partial charge in [-0.15, -0.1) is 11.8 Å². The van der Waals surface area contributed by atoms with Gasteiger partial charge < -0.3 is 15.2 Å². The Hall–Kier alpha value is -1.69. The molecule has 6 heteroatoms. The van der Waals surface area contributed by atoms with Gasteiger partial charge in [0.25, 0.3) is 0 Å². The molecule has 0 saturated carbocycles. The Balaban J connectivity index is 2.54. The molecule has 1 amide bonds. The lowest BCUT2D eigenvalue weighted by molar-refractivity contribution is -0.145. The second-order valence-corrected chi connectivity index (χ2v) is 6.05. The van der Waals surface area contributed by atoms with Crippen LogP contribution in [0.2, 0.25) is 0 Å². The van der Waals surface area contributed by atoms with Crippen molar-refractivity contribution in [1.29, 1.82) is 0 Å². The minimum absolute atomic E-state index is 0.128. The lowest BCUT2D eigenvalue weighted by Crippen LogP contribution is -2.43. The number of nitrogens with one attached hydrogen (secondary N) is 1. The summed E-state index contributed by atoms with van der Waals surface area (Å²) in [6.07, 6.45) is 0.527. The van der Waals surface area contributed by atoms with Gasteiger partial charge in [0.15, 0.2) is 0 Å². The molecule has 2 N–H and O–H groups in total. The van der Waals surface area contributed by atoms with Gasteiger partial charge in [-0.1, -0.05) is 26.0 Å². The second-order valence-electron chi connectivity index (χ2n) is 5.03. The Morgan fingerprint density at radius 2 is 2.00 bits per heavy atom. The van der Waals surface area contributed by atoms with Gasteiger partial charge in [0, 0.05) is 4.90 Å². The van der Waals surface area contributed by atoms with E-state index in [9.17, 15) is 14.7 Å². The Morgan fingerprint density at radius 1 is 1.33 bits per heavy atom. The first-order chi connectivity index (χ1) is 9.93. The Bertz CT molecular complexity index is 490. The van der Waals surface area contributed by atoms with Gasteiger partial charge >= 0.3 is 5.97 Å². The first kappa shape index (κ1) is 17.4. The van der Waals surface area contributed by atoms with Crippen molar-refractivity contribution in [2.45, 2.75) is 31.2 Å². The third kappa shape index (κ3) is 6.08. The fourth-order valence-corrected chi connectivity index (χ4v) is 2.55. The smallest absolute Gasteiger partial charge is 0.328 e. The summed E-state index contributed by atoms with van der Waals surface area (Å²) < 4.78 is 4.70. The van der Waals surface area contributed by atoms with Crippen molar-refractivity contribution in [3.63, 3.8) is 0 Å². The fraction of sp³-hybridized carbons (Fsp3) is 0.467. The molecule has 0 heterocycles. The average Bonchev–Trinajstić information content (AvgIpc) is 2.44. The lowest BCUT2D eigenvalue weighted by atomic mass is 10.0. The summed E-state index contributed by atoms with van der Waals surface area (Å²) >= 11 is 1.22. The van der Waals surface area contributed by atoms with Crippen molar-refractivity contribution in [1.82, 2.24) is 5.32 Å². The molecule has 0 aliphatic rings. The fourth-order valence-electron chi connectivity index (χ4n) is 1.79. The maximum Gasteiger partial charge on any atom is 0.328 e. The number of rotatable bonds is 7. The van der Waals surface area contributed by atoms with Crippen LogP contribution in [0.5, 0.6) is 5.75 Å². The molecule has 0 unspecified atom stereocenters. The van der Waals surface area contributed by atoms with Crippen LogP contribution in [0.15, 0.2) is 29.2 Å². The van der Waals surface area contributed by atoms with Gasteiger partial charge in [0.2, 0.25) is 5.91 Å². The molecule has 116 valence electrons. The molecule has 0 aliphatic heterocycles. The number of esters is 1. The zero-order valence-corrected chi connectivity index (χ0v) is 13.3. The molecule has 0 aliphatic carbocycles. The maximum absolute atomic E-state index is 11.9. The van der Waals surface area contributed by atoms with Gasteiger partial charge in [-0.05, 0) is 24.5 Å². The molecule has 1 atom stereocenters. The van der Waals surface area contributed by atoms with Crippen LogP contribution in [0.25, 0.3) is 0 Å². The molecule has 21 heavy (non-hydrogen) atoms. The van der Waals surface area contributed by atoms with Crippen LogP contribution in [-0.2, 0) is 14.3 Å². The van der Waals surface area contributed by atoms with Crippen molar-refractivity contribution in [3.05, 3.63) is 24.3 Å². The normalized spacial score (nSPS) is 12.0. The van der Waals surface area contributed by atoms with Gasteiger partial charge in [-0.3, -0.25) is 4.79 Å². The van der Waals surface area contributed by atoms with Crippen molar-refractivity contribution in [2.24, 2.45) is 5.92 Å². The summed E-state index contributed by atoms with van der Waals surface area (Å²) in [6.45, 7) is 3.94. The van der Waals surface area contributed by atoms with Crippen molar-refractivity contribution in [3.8, 4) is 5.75 Å². The molecule has 1 aromatic rings. The number of hydrogen-bond acceptors (Lipinski definition) is 5. The van der Waals surface area contributed by atoms with Gasteiger partial charge in [-0.2, -0.15) is 0 Å². The van der Waals surface area contributed by atoms with Gasteiger partial charge in [-0.25, -0.2) is 4.79 Å². The molecule has 0 fully saturated rings. The third-order valence-corrected chi connectivity index (χ3v) is 3.81. The molecule has 0 saturated heterocycles. The largest absolute Gasteiger partial charge is 0.507 e. The molecule has 0 aromatic heterocycles. The van der Waals surface area contributed by atoms with E-state index in [1.807, 2.05) is 13.8 Å². The number of carbonyl (C=O) groups is 2. The van der Waals surface area contributed by atoms with Crippen LogP contribution in [0.3, 0.4) is 0 Å². The van der Waals surface area contributed by atoms with Crippen molar-refractivity contribution in [2.75, 3.05) is 12.9 Å². The predicted molar refractivity (Wildman–Crippen MR) is 82.2 cm³/mol. The van der Waals surface area contributed by atoms with E-state index in [-0.39, 0.29) is 23.3 Å². The minimum atomic E-state index is -0.632. The summed E-state index contributed by atoms with van der Waals surface area (Å²) in [6, 6.07) is 6.17. The highest BCUT2D eigenvalue weighted by molar-refractivity contribution is 8.00. The summed E-state index contributed by atoms with van der Waals surface area (Å²) in [5.41, 5.74) is 0. The SMILES string of the molecule is COC(=O)[C@H](CC(C)C)NC(=O)CSc1ccccc1O. The summed E-state index contributed by atoms with van der Waals surface area (Å²) in [5, 5.41) is 12.3. The van der Waals surface area contributed by atoms with Gasteiger partial charge in [0.05, 0.1) is 12.9 Å².